The number of nitrogens with two attached hydrogens (primary N) is 1. The molecule has 0 spiro atoms. The van der Waals surface area contributed by atoms with Gasteiger partial charge in [-0.15, -0.1) is 0 Å². The van der Waals surface area contributed by atoms with Crippen LogP contribution in [0, 0.1) is 0 Å². The predicted molar refractivity (Wildman–Crippen MR) is 81.6 cm³/mol. The maximum atomic E-state index is 5.72. The molecule has 106 valence electrons. The number of aromatic nitrogens is 1. The SMILES string of the molecule is CN(C)CCOc1ccc(-c2cccnc2CN)cc1. The number of rotatable bonds is 6. The quantitative estimate of drug-likeness (QED) is 0.874. The molecule has 0 fully saturated rings. The van der Waals surface area contributed by atoms with Gasteiger partial charge >= 0.3 is 0 Å². The Morgan fingerprint density at radius 3 is 2.55 bits per heavy atom. The standard InChI is InChI=1S/C16H21N3O/c1-19(2)10-11-20-14-7-5-13(6-8-14)15-4-3-9-18-16(15)12-17/h3-9H,10-12,17H2,1-2H3. The second-order valence-electron chi connectivity index (χ2n) is 4.88. The maximum Gasteiger partial charge on any atom is 0.119 e. The zero-order valence-electron chi connectivity index (χ0n) is 12.0. The zero-order valence-corrected chi connectivity index (χ0v) is 12.0. The molecule has 0 atom stereocenters. The second kappa shape index (κ2) is 7.03. The van der Waals surface area contributed by atoms with Gasteiger partial charge in [0.05, 0.1) is 5.69 Å². The van der Waals surface area contributed by atoms with E-state index in [2.05, 4.69) is 9.88 Å². The fourth-order valence-corrected chi connectivity index (χ4v) is 1.94. The van der Waals surface area contributed by atoms with Gasteiger partial charge in [-0.25, -0.2) is 0 Å². The summed E-state index contributed by atoms with van der Waals surface area (Å²) in [6, 6.07) is 12.0. The highest BCUT2D eigenvalue weighted by Crippen LogP contribution is 2.24. The molecule has 2 aromatic rings. The lowest BCUT2D eigenvalue weighted by Crippen LogP contribution is -2.19. The molecule has 0 saturated heterocycles. The van der Waals surface area contributed by atoms with Gasteiger partial charge in [-0.1, -0.05) is 18.2 Å². The molecule has 1 aromatic heterocycles. The molecule has 1 aromatic carbocycles. The van der Waals surface area contributed by atoms with Gasteiger partial charge in [0.15, 0.2) is 0 Å². The first-order valence-electron chi connectivity index (χ1n) is 6.72. The summed E-state index contributed by atoms with van der Waals surface area (Å²) >= 11 is 0. The first kappa shape index (κ1) is 14.5. The van der Waals surface area contributed by atoms with Gasteiger partial charge in [0.25, 0.3) is 0 Å². The molecule has 0 radical (unpaired) electrons. The summed E-state index contributed by atoms with van der Waals surface area (Å²) in [5.74, 6) is 0.883. The van der Waals surface area contributed by atoms with Crippen LogP contribution in [0.4, 0.5) is 0 Å². The summed E-state index contributed by atoms with van der Waals surface area (Å²) in [6.45, 7) is 2.03. The van der Waals surface area contributed by atoms with Crippen LogP contribution in [-0.2, 0) is 6.54 Å². The van der Waals surface area contributed by atoms with Crippen LogP contribution in [-0.4, -0.2) is 37.1 Å². The summed E-state index contributed by atoms with van der Waals surface area (Å²) in [7, 11) is 4.06. The molecular weight excluding hydrogens is 250 g/mol. The molecule has 0 saturated carbocycles. The number of ether oxygens (including phenoxy) is 1. The molecule has 4 heteroatoms. The maximum absolute atomic E-state index is 5.72. The monoisotopic (exact) mass is 271 g/mol. The average molecular weight is 271 g/mol. The average Bonchev–Trinajstić information content (AvgIpc) is 2.47. The number of pyridine rings is 1. The predicted octanol–water partition coefficient (Wildman–Crippen LogP) is 2.15. The zero-order chi connectivity index (χ0) is 14.4. The fourth-order valence-electron chi connectivity index (χ4n) is 1.94. The molecule has 0 bridgehead atoms. The molecule has 2 rings (SSSR count). The number of likely N-dealkylation sites (N-methyl/N-ethyl adjacent to an activating group) is 1. The smallest absolute Gasteiger partial charge is 0.119 e. The Labute approximate surface area is 120 Å². The Bertz CT molecular complexity index is 538. The van der Waals surface area contributed by atoms with Crippen molar-refractivity contribution in [2.45, 2.75) is 6.54 Å². The first-order chi connectivity index (χ1) is 9.70. The Hall–Kier alpha value is -1.91. The van der Waals surface area contributed by atoms with E-state index in [9.17, 15) is 0 Å². The second-order valence-corrected chi connectivity index (χ2v) is 4.88. The largest absolute Gasteiger partial charge is 0.492 e. The van der Waals surface area contributed by atoms with Crippen molar-refractivity contribution in [1.82, 2.24) is 9.88 Å². The number of nitrogens with zero attached hydrogens (tertiary/aromatic N) is 2. The lowest BCUT2D eigenvalue weighted by atomic mass is 10.0. The third-order valence-electron chi connectivity index (χ3n) is 3.06. The first-order valence-corrected chi connectivity index (χ1v) is 6.72. The highest BCUT2D eigenvalue weighted by Gasteiger charge is 2.04. The third kappa shape index (κ3) is 3.79. The number of benzene rings is 1. The van der Waals surface area contributed by atoms with Gasteiger partial charge in [0.1, 0.15) is 12.4 Å². The van der Waals surface area contributed by atoms with Gasteiger partial charge in [0.2, 0.25) is 0 Å². The van der Waals surface area contributed by atoms with Gasteiger partial charge in [-0.05, 0) is 37.9 Å². The summed E-state index contributed by atoms with van der Waals surface area (Å²) in [6.07, 6.45) is 1.77. The molecular formula is C16H21N3O. The lowest BCUT2D eigenvalue weighted by molar-refractivity contribution is 0.261. The van der Waals surface area contributed by atoms with Crippen LogP contribution in [0.1, 0.15) is 5.69 Å². The van der Waals surface area contributed by atoms with Crippen LogP contribution < -0.4 is 10.5 Å². The molecule has 0 unspecified atom stereocenters. The van der Waals surface area contributed by atoms with Crippen molar-refractivity contribution < 1.29 is 4.74 Å². The van der Waals surface area contributed by atoms with Crippen molar-refractivity contribution >= 4 is 0 Å². The minimum atomic E-state index is 0.442. The van der Waals surface area contributed by atoms with Gasteiger partial charge in [0, 0.05) is 24.8 Å². The Morgan fingerprint density at radius 1 is 1.15 bits per heavy atom. The van der Waals surface area contributed by atoms with E-state index in [1.54, 1.807) is 6.20 Å². The van der Waals surface area contributed by atoms with E-state index in [0.29, 0.717) is 13.2 Å². The molecule has 0 amide bonds. The summed E-state index contributed by atoms with van der Waals surface area (Å²) in [5, 5.41) is 0. The van der Waals surface area contributed by atoms with E-state index < -0.39 is 0 Å². The van der Waals surface area contributed by atoms with Crippen LogP contribution in [0.3, 0.4) is 0 Å². The van der Waals surface area contributed by atoms with Crippen molar-refractivity contribution in [3.8, 4) is 16.9 Å². The summed E-state index contributed by atoms with van der Waals surface area (Å²) in [5.41, 5.74) is 8.82. The van der Waals surface area contributed by atoms with E-state index in [1.165, 1.54) is 0 Å². The normalized spacial score (nSPS) is 10.8. The van der Waals surface area contributed by atoms with Crippen LogP contribution in [0.15, 0.2) is 42.6 Å². The minimum Gasteiger partial charge on any atom is -0.492 e. The van der Waals surface area contributed by atoms with Crippen LogP contribution in [0.25, 0.3) is 11.1 Å². The van der Waals surface area contributed by atoms with E-state index in [-0.39, 0.29) is 0 Å². The van der Waals surface area contributed by atoms with E-state index in [1.807, 2.05) is 50.5 Å². The molecule has 1 heterocycles. The number of hydrogen-bond acceptors (Lipinski definition) is 4. The summed E-state index contributed by atoms with van der Waals surface area (Å²) < 4.78 is 5.68. The van der Waals surface area contributed by atoms with E-state index >= 15 is 0 Å². The summed E-state index contributed by atoms with van der Waals surface area (Å²) in [4.78, 5) is 6.40. The molecule has 4 nitrogen and oxygen atoms in total. The lowest BCUT2D eigenvalue weighted by Gasteiger charge is -2.12. The van der Waals surface area contributed by atoms with Crippen LogP contribution in [0.2, 0.25) is 0 Å². The Balaban J connectivity index is 2.08. The number of hydrogen-bond donors (Lipinski definition) is 1. The molecule has 0 aliphatic rings. The van der Waals surface area contributed by atoms with Gasteiger partial charge in [-0.3, -0.25) is 4.98 Å². The molecule has 0 aliphatic heterocycles. The van der Waals surface area contributed by atoms with Crippen molar-refractivity contribution in [3.63, 3.8) is 0 Å². The van der Waals surface area contributed by atoms with Crippen LogP contribution in [0.5, 0.6) is 5.75 Å². The topological polar surface area (TPSA) is 51.4 Å². The van der Waals surface area contributed by atoms with Crippen molar-refractivity contribution in [1.29, 1.82) is 0 Å². The fraction of sp³-hybridized carbons (Fsp3) is 0.312. The molecule has 20 heavy (non-hydrogen) atoms. The van der Waals surface area contributed by atoms with Gasteiger partial charge < -0.3 is 15.4 Å². The van der Waals surface area contributed by atoms with Crippen molar-refractivity contribution in [2.75, 3.05) is 27.2 Å². The van der Waals surface area contributed by atoms with Crippen molar-refractivity contribution in [3.05, 3.63) is 48.3 Å². The third-order valence-corrected chi connectivity index (χ3v) is 3.06. The Morgan fingerprint density at radius 2 is 1.90 bits per heavy atom. The van der Waals surface area contributed by atoms with Gasteiger partial charge in [-0.2, -0.15) is 0 Å². The molecule has 2 N–H and O–H groups in total. The highest BCUT2D eigenvalue weighted by atomic mass is 16.5. The van der Waals surface area contributed by atoms with Crippen LogP contribution >= 0.6 is 0 Å². The molecule has 0 aliphatic carbocycles. The van der Waals surface area contributed by atoms with E-state index in [0.717, 1.165) is 29.1 Å². The highest BCUT2D eigenvalue weighted by molar-refractivity contribution is 5.66. The van der Waals surface area contributed by atoms with E-state index in [4.69, 9.17) is 10.5 Å². The minimum absolute atomic E-state index is 0.442. The Kier molecular flexibility index (Phi) is 5.09. The van der Waals surface area contributed by atoms with Crippen molar-refractivity contribution in [2.24, 2.45) is 5.73 Å².